The molecular formula is C17H26ClNO. The SMILES string of the molecule is CC(C)(C)C(CCN)CCC(=O)Cc1ccccc1Cl. The normalized spacial score (nSPS) is 13.2. The van der Waals surface area contributed by atoms with E-state index < -0.39 is 0 Å². The fourth-order valence-corrected chi connectivity index (χ4v) is 2.69. The highest BCUT2D eigenvalue weighted by Crippen LogP contribution is 2.32. The fourth-order valence-electron chi connectivity index (χ4n) is 2.49. The van der Waals surface area contributed by atoms with Crippen molar-refractivity contribution in [3.8, 4) is 0 Å². The van der Waals surface area contributed by atoms with Gasteiger partial charge in [-0.3, -0.25) is 4.79 Å². The first-order valence-corrected chi connectivity index (χ1v) is 7.67. The average molecular weight is 296 g/mol. The predicted molar refractivity (Wildman–Crippen MR) is 86.0 cm³/mol. The average Bonchev–Trinajstić information content (AvgIpc) is 2.36. The van der Waals surface area contributed by atoms with Crippen LogP contribution in [0.1, 0.15) is 45.6 Å². The van der Waals surface area contributed by atoms with Gasteiger partial charge in [-0.05, 0) is 42.3 Å². The second-order valence-corrected chi connectivity index (χ2v) is 6.89. The van der Waals surface area contributed by atoms with E-state index >= 15 is 0 Å². The first kappa shape index (κ1) is 17.2. The molecule has 0 spiro atoms. The molecule has 0 bridgehead atoms. The number of halogens is 1. The molecule has 1 unspecified atom stereocenters. The highest BCUT2D eigenvalue weighted by atomic mass is 35.5. The van der Waals surface area contributed by atoms with E-state index in [2.05, 4.69) is 20.8 Å². The van der Waals surface area contributed by atoms with Gasteiger partial charge in [0.25, 0.3) is 0 Å². The van der Waals surface area contributed by atoms with Crippen LogP contribution in [0.25, 0.3) is 0 Å². The molecule has 0 aliphatic carbocycles. The summed E-state index contributed by atoms with van der Waals surface area (Å²) in [7, 11) is 0. The van der Waals surface area contributed by atoms with Crippen molar-refractivity contribution in [3.05, 3.63) is 34.9 Å². The van der Waals surface area contributed by atoms with E-state index in [9.17, 15) is 4.79 Å². The standard InChI is InChI=1S/C17H26ClNO/c1-17(2,3)14(10-11-19)8-9-15(20)12-13-6-4-5-7-16(13)18/h4-7,14H,8-12,19H2,1-3H3. The number of nitrogens with two attached hydrogens (primary N) is 1. The van der Waals surface area contributed by atoms with Crippen LogP contribution in [-0.2, 0) is 11.2 Å². The van der Waals surface area contributed by atoms with Crippen LogP contribution in [0.5, 0.6) is 0 Å². The number of Topliss-reactive ketones (excluding diaryl/α,β-unsaturated/α-hetero) is 1. The molecule has 3 heteroatoms. The van der Waals surface area contributed by atoms with E-state index in [-0.39, 0.29) is 11.2 Å². The molecule has 2 N–H and O–H groups in total. The summed E-state index contributed by atoms with van der Waals surface area (Å²) in [6.07, 6.45) is 2.92. The van der Waals surface area contributed by atoms with Gasteiger partial charge in [0.15, 0.2) is 0 Å². The second kappa shape index (κ2) is 7.80. The highest BCUT2D eigenvalue weighted by molar-refractivity contribution is 6.31. The van der Waals surface area contributed by atoms with E-state index in [1.54, 1.807) is 0 Å². The minimum atomic E-state index is 0.198. The zero-order valence-electron chi connectivity index (χ0n) is 12.8. The Kier molecular flexibility index (Phi) is 6.70. The number of carbonyl (C=O) groups excluding carboxylic acids is 1. The van der Waals surface area contributed by atoms with Gasteiger partial charge >= 0.3 is 0 Å². The fraction of sp³-hybridized carbons (Fsp3) is 0.588. The van der Waals surface area contributed by atoms with Crippen LogP contribution in [0.15, 0.2) is 24.3 Å². The molecule has 0 radical (unpaired) electrons. The van der Waals surface area contributed by atoms with E-state index in [0.29, 0.717) is 30.3 Å². The maximum absolute atomic E-state index is 12.1. The summed E-state index contributed by atoms with van der Waals surface area (Å²) < 4.78 is 0. The highest BCUT2D eigenvalue weighted by Gasteiger charge is 2.24. The van der Waals surface area contributed by atoms with Crippen LogP contribution in [-0.4, -0.2) is 12.3 Å². The zero-order valence-corrected chi connectivity index (χ0v) is 13.5. The van der Waals surface area contributed by atoms with Crippen molar-refractivity contribution in [1.29, 1.82) is 0 Å². The molecule has 1 aromatic rings. The lowest BCUT2D eigenvalue weighted by molar-refractivity contribution is -0.118. The van der Waals surface area contributed by atoms with E-state index in [1.807, 2.05) is 24.3 Å². The van der Waals surface area contributed by atoms with Gasteiger partial charge in [-0.15, -0.1) is 0 Å². The van der Waals surface area contributed by atoms with Crippen LogP contribution in [0.3, 0.4) is 0 Å². The lowest BCUT2D eigenvalue weighted by atomic mass is 9.76. The Labute approximate surface area is 127 Å². The van der Waals surface area contributed by atoms with Crippen molar-refractivity contribution in [3.63, 3.8) is 0 Å². The number of hydrogen-bond donors (Lipinski definition) is 1. The van der Waals surface area contributed by atoms with Gasteiger partial charge in [0.05, 0.1) is 0 Å². The van der Waals surface area contributed by atoms with Gasteiger partial charge in [-0.1, -0.05) is 50.6 Å². The summed E-state index contributed by atoms with van der Waals surface area (Å²) in [5.41, 5.74) is 6.79. The molecule has 112 valence electrons. The summed E-state index contributed by atoms with van der Waals surface area (Å²) in [6.45, 7) is 7.32. The monoisotopic (exact) mass is 295 g/mol. The lowest BCUT2D eigenvalue weighted by Crippen LogP contribution is -2.24. The van der Waals surface area contributed by atoms with Gasteiger partial charge in [-0.2, -0.15) is 0 Å². The van der Waals surface area contributed by atoms with Gasteiger partial charge in [0.1, 0.15) is 5.78 Å². The third-order valence-electron chi connectivity index (χ3n) is 3.86. The minimum absolute atomic E-state index is 0.198. The summed E-state index contributed by atoms with van der Waals surface area (Å²) in [5.74, 6) is 0.743. The van der Waals surface area contributed by atoms with Gasteiger partial charge in [-0.25, -0.2) is 0 Å². The predicted octanol–water partition coefficient (Wildman–Crippen LogP) is 4.24. The van der Waals surface area contributed by atoms with Crippen molar-refractivity contribution in [2.45, 2.75) is 46.5 Å². The number of benzene rings is 1. The molecule has 1 rings (SSSR count). The van der Waals surface area contributed by atoms with Crippen LogP contribution >= 0.6 is 11.6 Å². The van der Waals surface area contributed by atoms with Crippen LogP contribution in [0, 0.1) is 11.3 Å². The molecule has 2 nitrogen and oxygen atoms in total. The first-order valence-electron chi connectivity index (χ1n) is 7.29. The molecule has 0 aliphatic rings. The van der Waals surface area contributed by atoms with Gasteiger partial charge in [0, 0.05) is 17.9 Å². The van der Waals surface area contributed by atoms with E-state index in [0.717, 1.165) is 18.4 Å². The molecule has 20 heavy (non-hydrogen) atoms. The number of carbonyl (C=O) groups is 1. The summed E-state index contributed by atoms with van der Waals surface area (Å²) in [6, 6.07) is 7.55. The molecule has 1 aromatic carbocycles. The first-order chi connectivity index (χ1) is 9.34. The van der Waals surface area contributed by atoms with Crippen molar-refractivity contribution in [2.24, 2.45) is 17.1 Å². The van der Waals surface area contributed by atoms with Crippen molar-refractivity contribution in [1.82, 2.24) is 0 Å². The zero-order chi connectivity index (χ0) is 15.2. The quantitative estimate of drug-likeness (QED) is 0.817. The maximum Gasteiger partial charge on any atom is 0.137 e. The van der Waals surface area contributed by atoms with Gasteiger partial charge < -0.3 is 5.73 Å². The van der Waals surface area contributed by atoms with Gasteiger partial charge in [0.2, 0.25) is 0 Å². The molecule has 0 amide bonds. The molecule has 1 atom stereocenters. The van der Waals surface area contributed by atoms with Crippen molar-refractivity contribution < 1.29 is 4.79 Å². The molecule has 0 saturated carbocycles. The molecule has 0 aromatic heterocycles. The Morgan fingerprint density at radius 3 is 2.45 bits per heavy atom. The third kappa shape index (κ3) is 5.64. The number of ketones is 1. The Hall–Kier alpha value is -0.860. The number of rotatable bonds is 7. The Morgan fingerprint density at radius 1 is 1.25 bits per heavy atom. The minimum Gasteiger partial charge on any atom is -0.330 e. The number of hydrogen-bond acceptors (Lipinski definition) is 2. The van der Waals surface area contributed by atoms with E-state index in [1.165, 1.54) is 0 Å². The molecule has 0 heterocycles. The summed E-state index contributed by atoms with van der Waals surface area (Å²) in [4.78, 5) is 12.1. The summed E-state index contributed by atoms with van der Waals surface area (Å²) in [5, 5.41) is 0.676. The van der Waals surface area contributed by atoms with Crippen molar-refractivity contribution in [2.75, 3.05) is 6.54 Å². The molecule has 0 saturated heterocycles. The second-order valence-electron chi connectivity index (χ2n) is 6.49. The molecule has 0 fully saturated rings. The molecular weight excluding hydrogens is 270 g/mol. The van der Waals surface area contributed by atoms with Crippen LogP contribution < -0.4 is 5.73 Å². The Morgan fingerprint density at radius 2 is 1.90 bits per heavy atom. The van der Waals surface area contributed by atoms with Crippen molar-refractivity contribution >= 4 is 17.4 Å². The largest absolute Gasteiger partial charge is 0.330 e. The third-order valence-corrected chi connectivity index (χ3v) is 4.23. The van der Waals surface area contributed by atoms with Crippen LogP contribution in [0.2, 0.25) is 5.02 Å². The lowest BCUT2D eigenvalue weighted by Gasteiger charge is -2.30. The Bertz CT molecular complexity index is 437. The maximum atomic E-state index is 12.1. The topological polar surface area (TPSA) is 43.1 Å². The molecule has 0 aliphatic heterocycles. The summed E-state index contributed by atoms with van der Waals surface area (Å²) >= 11 is 6.08. The smallest absolute Gasteiger partial charge is 0.137 e. The Balaban J connectivity index is 2.52. The van der Waals surface area contributed by atoms with Crippen LogP contribution in [0.4, 0.5) is 0 Å². The van der Waals surface area contributed by atoms with E-state index in [4.69, 9.17) is 17.3 Å².